The van der Waals surface area contributed by atoms with Gasteiger partial charge in [-0.15, -0.1) is 34.2 Å². The first kappa shape index (κ1) is 25.1. The van der Waals surface area contributed by atoms with E-state index in [1.54, 1.807) is 7.11 Å². The molecule has 1 heterocycles. The van der Waals surface area contributed by atoms with Crippen molar-refractivity contribution in [1.29, 1.82) is 0 Å². The monoisotopic (exact) mass is 507 g/mol. The minimum absolute atomic E-state index is 0. The van der Waals surface area contributed by atoms with Crippen LogP contribution in [-0.4, -0.2) is 72.1 Å². The van der Waals surface area contributed by atoms with E-state index in [4.69, 9.17) is 9.73 Å². The molecule has 162 valence electrons. The Labute approximate surface area is 186 Å². The molecule has 0 amide bonds. The molecule has 1 aliphatic carbocycles. The Morgan fingerprint density at radius 2 is 2.00 bits per heavy atom. The van der Waals surface area contributed by atoms with Crippen LogP contribution in [0.2, 0.25) is 0 Å². The number of halogens is 1. The number of hydrogen-bond donors (Lipinski definition) is 2. The molecule has 0 radical (unpaired) electrons. The van der Waals surface area contributed by atoms with E-state index in [9.17, 15) is 0 Å². The molecule has 2 rings (SSSR count). The van der Waals surface area contributed by atoms with Gasteiger partial charge in [-0.25, -0.2) is 4.99 Å². The fourth-order valence-corrected chi connectivity index (χ4v) is 3.29. The van der Waals surface area contributed by atoms with Crippen LogP contribution in [0.3, 0.4) is 0 Å². The van der Waals surface area contributed by atoms with E-state index in [0.717, 1.165) is 50.3 Å². The number of guanidine groups is 1. The number of ether oxygens (including phenoxy) is 1. The summed E-state index contributed by atoms with van der Waals surface area (Å²) in [6.07, 6.45) is 7.45. The third-order valence-corrected chi connectivity index (χ3v) is 5.18. The lowest BCUT2D eigenvalue weighted by Crippen LogP contribution is -2.46. The van der Waals surface area contributed by atoms with Crippen LogP contribution in [0.1, 0.15) is 50.2 Å². The van der Waals surface area contributed by atoms with Gasteiger partial charge >= 0.3 is 0 Å². The highest BCUT2D eigenvalue weighted by atomic mass is 127. The first-order valence-electron chi connectivity index (χ1n) is 10.2. The van der Waals surface area contributed by atoms with Crippen LogP contribution in [0.15, 0.2) is 4.99 Å². The van der Waals surface area contributed by atoms with Crippen molar-refractivity contribution in [3.05, 3.63) is 11.6 Å². The summed E-state index contributed by atoms with van der Waals surface area (Å²) in [5.74, 6) is 2.68. The predicted octanol–water partition coefficient (Wildman–Crippen LogP) is 2.08. The standard InChI is InChI=1S/C19H37N7O.HI/c1-16-23-24-18(26(16)3)15-21-19(22-17-9-6-5-7-10-17)20-11-13-25(2)12-8-14-27-4;/h17H,5-15H2,1-4H3,(H2,20,21,22);1H. The quantitative estimate of drug-likeness (QED) is 0.219. The summed E-state index contributed by atoms with van der Waals surface area (Å²) in [6.45, 7) is 6.17. The zero-order chi connectivity index (χ0) is 19.5. The van der Waals surface area contributed by atoms with Crippen molar-refractivity contribution in [2.24, 2.45) is 12.0 Å². The molecule has 1 aromatic heterocycles. The highest BCUT2D eigenvalue weighted by Crippen LogP contribution is 2.17. The SMILES string of the molecule is COCCCN(C)CCNC(=NCc1nnc(C)n1C)NC1CCCCC1.I. The van der Waals surface area contributed by atoms with Gasteiger partial charge in [0.05, 0.1) is 0 Å². The Balaban J connectivity index is 0.00000392. The molecule has 28 heavy (non-hydrogen) atoms. The summed E-state index contributed by atoms with van der Waals surface area (Å²) in [5, 5.41) is 15.4. The summed E-state index contributed by atoms with van der Waals surface area (Å²) >= 11 is 0. The minimum Gasteiger partial charge on any atom is -0.385 e. The molecule has 0 aromatic carbocycles. The van der Waals surface area contributed by atoms with Crippen molar-refractivity contribution in [2.45, 2.75) is 58.0 Å². The summed E-state index contributed by atoms with van der Waals surface area (Å²) < 4.78 is 7.11. The molecule has 0 aliphatic heterocycles. The second-order valence-electron chi connectivity index (χ2n) is 7.44. The lowest BCUT2D eigenvalue weighted by atomic mass is 9.96. The fraction of sp³-hybridized carbons (Fsp3) is 0.842. The molecule has 1 fully saturated rings. The average Bonchev–Trinajstić information content (AvgIpc) is 2.99. The Hall–Kier alpha value is -0.940. The number of aliphatic imine (C=N–C) groups is 1. The van der Waals surface area contributed by atoms with Crippen LogP contribution in [0, 0.1) is 6.92 Å². The number of aryl methyl sites for hydroxylation is 1. The first-order valence-corrected chi connectivity index (χ1v) is 10.2. The largest absolute Gasteiger partial charge is 0.385 e. The van der Waals surface area contributed by atoms with E-state index < -0.39 is 0 Å². The van der Waals surface area contributed by atoms with Gasteiger partial charge in [0.1, 0.15) is 12.4 Å². The lowest BCUT2D eigenvalue weighted by molar-refractivity contribution is 0.180. The van der Waals surface area contributed by atoms with E-state index in [0.29, 0.717) is 12.6 Å². The van der Waals surface area contributed by atoms with Crippen molar-refractivity contribution in [2.75, 3.05) is 40.4 Å². The molecular weight excluding hydrogens is 469 g/mol. The van der Waals surface area contributed by atoms with E-state index in [1.165, 1.54) is 32.1 Å². The Kier molecular flexibility index (Phi) is 12.6. The number of methoxy groups -OCH3 is 1. The summed E-state index contributed by atoms with van der Waals surface area (Å²) in [4.78, 5) is 7.08. The molecule has 8 nitrogen and oxygen atoms in total. The van der Waals surface area contributed by atoms with Gasteiger partial charge in [0.2, 0.25) is 0 Å². The first-order chi connectivity index (χ1) is 13.1. The third-order valence-electron chi connectivity index (χ3n) is 5.18. The Morgan fingerprint density at radius 3 is 2.64 bits per heavy atom. The second kappa shape index (κ2) is 14.1. The van der Waals surface area contributed by atoms with Gasteiger partial charge in [-0.05, 0) is 33.2 Å². The van der Waals surface area contributed by atoms with Gasteiger partial charge in [0, 0.05) is 46.4 Å². The van der Waals surface area contributed by atoms with Gasteiger partial charge in [-0.2, -0.15) is 0 Å². The molecule has 0 bridgehead atoms. The normalized spacial score (nSPS) is 15.5. The van der Waals surface area contributed by atoms with Crippen molar-refractivity contribution in [3.8, 4) is 0 Å². The average molecular weight is 507 g/mol. The molecule has 0 atom stereocenters. The van der Waals surface area contributed by atoms with E-state index >= 15 is 0 Å². The van der Waals surface area contributed by atoms with Crippen LogP contribution in [0.4, 0.5) is 0 Å². The molecule has 0 spiro atoms. The van der Waals surface area contributed by atoms with Gasteiger partial charge in [-0.3, -0.25) is 0 Å². The number of nitrogens with one attached hydrogen (secondary N) is 2. The van der Waals surface area contributed by atoms with E-state index in [2.05, 4.69) is 32.8 Å². The van der Waals surface area contributed by atoms with Crippen LogP contribution in [-0.2, 0) is 18.3 Å². The Morgan fingerprint density at radius 1 is 1.25 bits per heavy atom. The molecule has 9 heteroatoms. The number of aromatic nitrogens is 3. The van der Waals surface area contributed by atoms with Gasteiger partial charge in [-0.1, -0.05) is 19.3 Å². The Bertz CT molecular complexity index is 573. The molecule has 2 N–H and O–H groups in total. The van der Waals surface area contributed by atoms with Crippen molar-refractivity contribution in [1.82, 2.24) is 30.3 Å². The number of likely N-dealkylation sites (N-methyl/N-ethyl adjacent to an activating group) is 1. The van der Waals surface area contributed by atoms with E-state index in [-0.39, 0.29) is 24.0 Å². The fourth-order valence-electron chi connectivity index (χ4n) is 3.29. The van der Waals surface area contributed by atoms with Crippen LogP contribution in [0.25, 0.3) is 0 Å². The summed E-state index contributed by atoms with van der Waals surface area (Å²) in [7, 11) is 5.88. The molecule has 0 unspecified atom stereocenters. The minimum atomic E-state index is 0. The second-order valence-corrected chi connectivity index (χ2v) is 7.44. The third kappa shape index (κ3) is 9.04. The van der Waals surface area contributed by atoms with Crippen LogP contribution >= 0.6 is 24.0 Å². The maximum atomic E-state index is 5.12. The van der Waals surface area contributed by atoms with Gasteiger partial charge < -0.3 is 24.8 Å². The maximum Gasteiger partial charge on any atom is 0.191 e. The van der Waals surface area contributed by atoms with Crippen molar-refractivity contribution in [3.63, 3.8) is 0 Å². The number of nitrogens with zero attached hydrogens (tertiary/aromatic N) is 5. The molecule has 1 aliphatic rings. The van der Waals surface area contributed by atoms with Crippen LogP contribution < -0.4 is 10.6 Å². The summed E-state index contributed by atoms with van der Waals surface area (Å²) in [6, 6.07) is 0.519. The molecule has 0 saturated heterocycles. The highest BCUT2D eigenvalue weighted by Gasteiger charge is 2.15. The zero-order valence-electron chi connectivity index (χ0n) is 17.9. The van der Waals surface area contributed by atoms with Gasteiger partial charge in [0.15, 0.2) is 11.8 Å². The lowest BCUT2D eigenvalue weighted by Gasteiger charge is -2.25. The predicted molar refractivity (Wildman–Crippen MR) is 124 cm³/mol. The summed E-state index contributed by atoms with van der Waals surface area (Å²) in [5.41, 5.74) is 0. The van der Waals surface area contributed by atoms with E-state index in [1.807, 2.05) is 18.5 Å². The number of rotatable bonds is 10. The zero-order valence-corrected chi connectivity index (χ0v) is 20.2. The maximum absolute atomic E-state index is 5.12. The van der Waals surface area contributed by atoms with Crippen molar-refractivity contribution >= 4 is 29.9 Å². The molecule has 1 saturated carbocycles. The van der Waals surface area contributed by atoms with Crippen molar-refractivity contribution < 1.29 is 4.74 Å². The smallest absolute Gasteiger partial charge is 0.191 e. The molecular formula is C19H38IN7O. The number of hydrogen-bond acceptors (Lipinski definition) is 5. The molecule has 1 aromatic rings. The van der Waals surface area contributed by atoms with Gasteiger partial charge in [0.25, 0.3) is 0 Å². The highest BCUT2D eigenvalue weighted by molar-refractivity contribution is 14.0. The topological polar surface area (TPSA) is 79.6 Å². The van der Waals surface area contributed by atoms with Crippen LogP contribution in [0.5, 0.6) is 0 Å².